The average molecular weight is 318 g/mol. The molecule has 2 unspecified atom stereocenters. The van der Waals surface area contributed by atoms with Crippen molar-refractivity contribution >= 4 is 5.91 Å². The Morgan fingerprint density at radius 3 is 2.83 bits per heavy atom. The van der Waals surface area contributed by atoms with Gasteiger partial charge in [0.15, 0.2) is 0 Å². The highest BCUT2D eigenvalue weighted by molar-refractivity contribution is 5.85. The Hall–Kier alpha value is -1.75. The van der Waals surface area contributed by atoms with Crippen molar-refractivity contribution in [2.24, 2.45) is 11.1 Å². The molecule has 1 aliphatic carbocycles. The molecule has 1 aromatic carbocycles. The minimum absolute atomic E-state index is 0.170. The molecule has 2 atom stereocenters. The summed E-state index contributed by atoms with van der Waals surface area (Å²) in [6.45, 7) is 1.39. The Labute approximate surface area is 137 Å². The fourth-order valence-corrected chi connectivity index (χ4v) is 4.06. The molecule has 2 N–H and O–H groups in total. The van der Waals surface area contributed by atoms with Gasteiger partial charge in [-0.05, 0) is 37.8 Å². The van der Waals surface area contributed by atoms with Gasteiger partial charge in [0.2, 0.25) is 5.91 Å². The molecule has 1 amide bonds. The highest BCUT2D eigenvalue weighted by Crippen LogP contribution is 2.45. The van der Waals surface area contributed by atoms with E-state index in [4.69, 9.17) is 15.2 Å². The summed E-state index contributed by atoms with van der Waals surface area (Å²) in [7, 11) is 3.28. The van der Waals surface area contributed by atoms with Crippen molar-refractivity contribution in [2.75, 3.05) is 20.8 Å². The molecule has 0 aromatic heterocycles. The second-order valence-corrected chi connectivity index (χ2v) is 6.79. The first kappa shape index (κ1) is 16.1. The molecule has 1 heterocycles. The van der Waals surface area contributed by atoms with Gasteiger partial charge in [-0.15, -0.1) is 0 Å². The molecule has 2 aliphatic rings. The quantitative estimate of drug-likeness (QED) is 0.925. The number of likely N-dealkylation sites (tertiary alicyclic amines) is 1. The molecule has 3 rings (SSSR count). The van der Waals surface area contributed by atoms with Crippen LogP contribution >= 0.6 is 0 Å². The Kier molecular flexibility index (Phi) is 4.48. The number of benzene rings is 1. The van der Waals surface area contributed by atoms with Crippen LogP contribution in [0, 0.1) is 5.41 Å². The third-order valence-electron chi connectivity index (χ3n) is 5.34. The number of ether oxygens (including phenoxy) is 2. The van der Waals surface area contributed by atoms with Gasteiger partial charge in [-0.25, -0.2) is 0 Å². The SMILES string of the molecule is COc1ccc(CN2CCC3(CCCC(N)C3)C2=O)c(OC)c1. The van der Waals surface area contributed by atoms with Crippen LogP contribution in [0.25, 0.3) is 0 Å². The molecule has 1 aromatic rings. The van der Waals surface area contributed by atoms with E-state index >= 15 is 0 Å². The lowest BCUT2D eigenvalue weighted by Crippen LogP contribution is -2.42. The zero-order chi connectivity index (χ0) is 16.4. The number of amides is 1. The molecule has 1 spiro atoms. The van der Waals surface area contributed by atoms with E-state index in [1.807, 2.05) is 23.1 Å². The lowest BCUT2D eigenvalue weighted by Gasteiger charge is -2.35. The number of hydrogen-bond donors (Lipinski definition) is 1. The summed E-state index contributed by atoms with van der Waals surface area (Å²) in [6.07, 6.45) is 4.85. The van der Waals surface area contributed by atoms with Crippen molar-refractivity contribution in [2.45, 2.75) is 44.7 Å². The van der Waals surface area contributed by atoms with Crippen LogP contribution in [0.1, 0.15) is 37.7 Å². The highest BCUT2D eigenvalue weighted by atomic mass is 16.5. The van der Waals surface area contributed by atoms with Crippen LogP contribution < -0.4 is 15.2 Å². The molecule has 23 heavy (non-hydrogen) atoms. The van der Waals surface area contributed by atoms with Gasteiger partial charge in [0.05, 0.1) is 19.6 Å². The van der Waals surface area contributed by atoms with Gasteiger partial charge < -0.3 is 20.1 Å². The summed E-state index contributed by atoms with van der Waals surface area (Å²) in [4.78, 5) is 14.9. The second-order valence-electron chi connectivity index (χ2n) is 6.79. The minimum Gasteiger partial charge on any atom is -0.497 e. The Morgan fingerprint density at radius 2 is 2.13 bits per heavy atom. The topological polar surface area (TPSA) is 64.8 Å². The molecule has 1 aliphatic heterocycles. The summed E-state index contributed by atoms with van der Waals surface area (Å²) in [6, 6.07) is 5.92. The molecule has 5 heteroatoms. The van der Waals surface area contributed by atoms with Crippen LogP contribution in [-0.4, -0.2) is 37.6 Å². The molecule has 1 saturated carbocycles. The Balaban J connectivity index is 1.75. The number of rotatable bonds is 4. The molecule has 5 nitrogen and oxygen atoms in total. The zero-order valence-electron chi connectivity index (χ0n) is 14.0. The van der Waals surface area contributed by atoms with Gasteiger partial charge in [-0.1, -0.05) is 6.42 Å². The smallest absolute Gasteiger partial charge is 0.229 e. The van der Waals surface area contributed by atoms with Crippen LogP contribution in [0.4, 0.5) is 0 Å². The van der Waals surface area contributed by atoms with Crippen LogP contribution in [-0.2, 0) is 11.3 Å². The third kappa shape index (κ3) is 3.02. The van der Waals surface area contributed by atoms with Crippen LogP contribution in [0.15, 0.2) is 18.2 Å². The fraction of sp³-hybridized carbons (Fsp3) is 0.611. The molecular weight excluding hydrogens is 292 g/mol. The van der Waals surface area contributed by atoms with Crippen LogP contribution in [0.5, 0.6) is 11.5 Å². The van der Waals surface area contributed by atoms with Gasteiger partial charge >= 0.3 is 0 Å². The lowest BCUT2D eigenvalue weighted by atomic mass is 9.71. The largest absolute Gasteiger partial charge is 0.497 e. The molecule has 1 saturated heterocycles. The Morgan fingerprint density at radius 1 is 1.30 bits per heavy atom. The summed E-state index contributed by atoms with van der Waals surface area (Å²) in [5.41, 5.74) is 6.92. The van der Waals surface area contributed by atoms with Crippen LogP contribution in [0.2, 0.25) is 0 Å². The standard InChI is InChI=1S/C18H26N2O3/c1-22-15-6-5-13(16(10-15)23-2)12-20-9-8-18(17(20)21)7-3-4-14(19)11-18/h5-6,10,14H,3-4,7-9,11-12,19H2,1-2H3. The number of nitrogens with two attached hydrogens (primary N) is 1. The third-order valence-corrected chi connectivity index (χ3v) is 5.34. The predicted octanol–water partition coefficient (Wildman–Crippen LogP) is 2.32. The first-order valence-electron chi connectivity index (χ1n) is 8.34. The van der Waals surface area contributed by atoms with E-state index in [1.165, 1.54) is 0 Å². The normalized spacial score (nSPS) is 27.5. The summed E-state index contributed by atoms with van der Waals surface area (Å²) in [5, 5.41) is 0. The number of methoxy groups -OCH3 is 2. The van der Waals surface area contributed by atoms with Gasteiger partial charge in [0.1, 0.15) is 11.5 Å². The van der Waals surface area contributed by atoms with Crippen molar-refractivity contribution < 1.29 is 14.3 Å². The zero-order valence-corrected chi connectivity index (χ0v) is 14.0. The number of hydrogen-bond acceptors (Lipinski definition) is 4. The van der Waals surface area contributed by atoms with E-state index in [2.05, 4.69) is 0 Å². The fourth-order valence-electron chi connectivity index (χ4n) is 4.06. The monoisotopic (exact) mass is 318 g/mol. The average Bonchev–Trinajstić information content (AvgIpc) is 2.84. The number of nitrogens with zero attached hydrogens (tertiary/aromatic N) is 1. The maximum absolute atomic E-state index is 13.0. The predicted molar refractivity (Wildman–Crippen MR) is 88.5 cm³/mol. The van der Waals surface area contributed by atoms with Crippen molar-refractivity contribution in [1.82, 2.24) is 4.90 Å². The van der Waals surface area contributed by atoms with Gasteiger partial charge in [-0.3, -0.25) is 4.79 Å². The van der Waals surface area contributed by atoms with Crippen LogP contribution in [0.3, 0.4) is 0 Å². The molecule has 0 bridgehead atoms. The first-order chi connectivity index (χ1) is 11.1. The Bertz CT molecular complexity index is 590. The lowest BCUT2D eigenvalue weighted by molar-refractivity contribution is -0.138. The maximum atomic E-state index is 13.0. The molecule has 2 fully saturated rings. The summed E-state index contributed by atoms with van der Waals surface area (Å²) < 4.78 is 10.7. The van der Waals surface area contributed by atoms with E-state index < -0.39 is 0 Å². The van der Waals surface area contributed by atoms with E-state index in [0.717, 1.165) is 55.7 Å². The molecular formula is C18H26N2O3. The van der Waals surface area contributed by atoms with Gasteiger partial charge in [-0.2, -0.15) is 0 Å². The van der Waals surface area contributed by atoms with Crippen molar-refractivity contribution in [1.29, 1.82) is 0 Å². The summed E-state index contributed by atoms with van der Waals surface area (Å²) >= 11 is 0. The number of carbonyl (C=O) groups is 1. The minimum atomic E-state index is -0.211. The molecule has 0 radical (unpaired) electrons. The van der Waals surface area contributed by atoms with E-state index in [0.29, 0.717) is 6.54 Å². The van der Waals surface area contributed by atoms with Crippen molar-refractivity contribution in [3.05, 3.63) is 23.8 Å². The molecule has 126 valence electrons. The second kappa shape index (κ2) is 6.40. The number of carbonyl (C=O) groups excluding carboxylic acids is 1. The van der Waals surface area contributed by atoms with Crippen molar-refractivity contribution in [3.63, 3.8) is 0 Å². The van der Waals surface area contributed by atoms with Crippen molar-refractivity contribution in [3.8, 4) is 11.5 Å². The van der Waals surface area contributed by atoms with E-state index in [-0.39, 0.29) is 17.4 Å². The first-order valence-corrected chi connectivity index (χ1v) is 8.34. The maximum Gasteiger partial charge on any atom is 0.229 e. The summed E-state index contributed by atoms with van der Waals surface area (Å²) in [5.74, 6) is 1.79. The highest BCUT2D eigenvalue weighted by Gasteiger charge is 2.48. The van der Waals surface area contributed by atoms with E-state index in [9.17, 15) is 4.79 Å². The van der Waals surface area contributed by atoms with E-state index in [1.54, 1.807) is 14.2 Å². The van der Waals surface area contributed by atoms with Gasteiger partial charge in [0.25, 0.3) is 0 Å². The van der Waals surface area contributed by atoms with Gasteiger partial charge in [0, 0.05) is 30.8 Å².